The standard InChI is InChI=1S/C14H13ClF2N2/c1-8-2-4-10(13(17)6-8)14(19-18)11-7-9(16)3-5-12(11)15/h2-7,14,19H,18H2,1H3. The molecule has 0 aromatic heterocycles. The van der Waals surface area contributed by atoms with Gasteiger partial charge in [-0.3, -0.25) is 5.84 Å². The molecule has 100 valence electrons. The first kappa shape index (κ1) is 13.9. The van der Waals surface area contributed by atoms with E-state index in [2.05, 4.69) is 5.43 Å². The number of halogens is 3. The summed E-state index contributed by atoms with van der Waals surface area (Å²) in [7, 11) is 0. The van der Waals surface area contributed by atoms with Crippen molar-refractivity contribution in [3.8, 4) is 0 Å². The van der Waals surface area contributed by atoms with Gasteiger partial charge in [0.1, 0.15) is 11.6 Å². The summed E-state index contributed by atoms with van der Waals surface area (Å²) in [5, 5.41) is 0.323. The second-order valence-corrected chi connectivity index (χ2v) is 4.70. The highest BCUT2D eigenvalue weighted by molar-refractivity contribution is 6.31. The maximum Gasteiger partial charge on any atom is 0.128 e. The van der Waals surface area contributed by atoms with Gasteiger partial charge >= 0.3 is 0 Å². The van der Waals surface area contributed by atoms with E-state index in [1.807, 2.05) is 0 Å². The lowest BCUT2D eigenvalue weighted by Gasteiger charge is -2.19. The Hall–Kier alpha value is -1.49. The average molecular weight is 283 g/mol. The molecular formula is C14H13ClF2N2. The minimum Gasteiger partial charge on any atom is -0.271 e. The molecule has 0 saturated heterocycles. The SMILES string of the molecule is Cc1ccc(C(NN)c2cc(F)ccc2Cl)c(F)c1. The van der Waals surface area contributed by atoms with Gasteiger partial charge in [0, 0.05) is 10.6 Å². The van der Waals surface area contributed by atoms with Crippen LogP contribution < -0.4 is 11.3 Å². The van der Waals surface area contributed by atoms with Crippen LogP contribution in [0.25, 0.3) is 0 Å². The van der Waals surface area contributed by atoms with Crippen LogP contribution in [0.1, 0.15) is 22.7 Å². The number of benzene rings is 2. The van der Waals surface area contributed by atoms with Gasteiger partial charge in [0.2, 0.25) is 0 Å². The van der Waals surface area contributed by atoms with Crippen LogP contribution in [0.15, 0.2) is 36.4 Å². The summed E-state index contributed by atoms with van der Waals surface area (Å²) in [6.07, 6.45) is 0. The second kappa shape index (κ2) is 5.65. The molecule has 3 N–H and O–H groups in total. The molecule has 2 nitrogen and oxygen atoms in total. The molecule has 0 radical (unpaired) electrons. The molecule has 1 unspecified atom stereocenters. The molecule has 19 heavy (non-hydrogen) atoms. The largest absolute Gasteiger partial charge is 0.271 e. The summed E-state index contributed by atoms with van der Waals surface area (Å²) in [5.74, 6) is 4.60. The van der Waals surface area contributed by atoms with Gasteiger partial charge in [0.05, 0.1) is 6.04 Å². The summed E-state index contributed by atoms with van der Waals surface area (Å²) in [4.78, 5) is 0. The third-order valence-corrected chi connectivity index (χ3v) is 3.25. The molecule has 0 spiro atoms. The highest BCUT2D eigenvalue weighted by atomic mass is 35.5. The predicted molar refractivity (Wildman–Crippen MR) is 71.7 cm³/mol. The van der Waals surface area contributed by atoms with Gasteiger partial charge in [0.25, 0.3) is 0 Å². The van der Waals surface area contributed by atoms with Crippen LogP contribution in [-0.4, -0.2) is 0 Å². The van der Waals surface area contributed by atoms with Crippen molar-refractivity contribution < 1.29 is 8.78 Å². The van der Waals surface area contributed by atoms with Crippen LogP contribution >= 0.6 is 11.6 Å². The van der Waals surface area contributed by atoms with E-state index >= 15 is 0 Å². The van der Waals surface area contributed by atoms with Crippen LogP contribution in [-0.2, 0) is 0 Å². The average Bonchev–Trinajstić information content (AvgIpc) is 2.36. The van der Waals surface area contributed by atoms with E-state index in [0.717, 1.165) is 5.56 Å². The molecule has 0 bridgehead atoms. The minimum atomic E-state index is -0.705. The van der Waals surface area contributed by atoms with Crippen LogP contribution in [0.4, 0.5) is 8.78 Å². The van der Waals surface area contributed by atoms with Gasteiger partial charge in [-0.2, -0.15) is 0 Å². The molecule has 0 fully saturated rings. The predicted octanol–water partition coefficient (Wildman–Crippen LogP) is 3.48. The first-order valence-corrected chi connectivity index (χ1v) is 6.08. The van der Waals surface area contributed by atoms with E-state index in [4.69, 9.17) is 17.4 Å². The fourth-order valence-electron chi connectivity index (χ4n) is 1.95. The minimum absolute atomic E-state index is 0.320. The lowest BCUT2D eigenvalue weighted by atomic mass is 9.97. The highest BCUT2D eigenvalue weighted by Crippen LogP contribution is 2.30. The molecule has 0 aliphatic carbocycles. The Morgan fingerprint density at radius 3 is 2.47 bits per heavy atom. The van der Waals surface area contributed by atoms with Crippen molar-refractivity contribution in [1.82, 2.24) is 5.43 Å². The Balaban J connectivity index is 2.52. The molecule has 2 aromatic rings. The topological polar surface area (TPSA) is 38.0 Å². The van der Waals surface area contributed by atoms with Crippen molar-refractivity contribution in [3.05, 3.63) is 69.7 Å². The molecular weight excluding hydrogens is 270 g/mol. The van der Waals surface area contributed by atoms with Crippen molar-refractivity contribution in [2.75, 3.05) is 0 Å². The van der Waals surface area contributed by atoms with Crippen molar-refractivity contribution >= 4 is 11.6 Å². The normalized spacial score (nSPS) is 12.5. The van der Waals surface area contributed by atoms with E-state index in [0.29, 0.717) is 16.1 Å². The van der Waals surface area contributed by atoms with Crippen LogP contribution in [0.2, 0.25) is 5.02 Å². The number of aryl methyl sites for hydroxylation is 1. The van der Waals surface area contributed by atoms with E-state index in [-0.39, 0.29) is 0 Å². The van der Waals surface area contributed by atoms with Crippen molar-refractivity contribution in [1.29, 1.82) is 0 Å². The first-order valence-electron chi connectivity index (χ1n) is 5.70. The molecule has 5 heteroatoms. The zero-order valence-electron chi connectivity index (χ0n) is 10.3. The third-order valence-electron chi connectivity index (χ3n) is 2.90. The Labute approximate surface area is 115 Å². The Morgan fingerprint density at radius 2 is 1.84 bits per heavy atom. The number of nitrogens with one attached hydrogen (secondary N) is 1. The summed E-state index contributed by atoms with van der Waals surface area (Å²) in [6.45, 7) is 1.78. The molecule has 0 heterocycles. The van der Waals surface area contributed by atoms with E-state index in [1.165, 1.54) is 24.3 Å². The lowest BCUT2D eigenvalue weighted by Crippen LogP contribution is -2.29. The number of nitrogens with two attached hydrogens (primary N) is 1. The zero-order valence-corrected chi connectivity index (χ0v) is 11.0. The molecule has 0 aliphatic rings. The van der Waals surface area contributed by atoms with Crippen LogP contribution in [0.5, 0.6) is 0 Å². The summed E-state index contributed by atoms with van der Waals surface area (Å²) < 4.78 is 27.3. The van der Waals surface area contributed by atoms with E-state index < -0.39 is 17.7 Å². The quantitative estimate of drug-likeness (QED) is 0.668. The van der Waals surface area contributed by atoms with Crippen molar-refractivity contribution in [3.63, 3.8) is 0 Å². The summed E-state index contributed by atoms with van der Waals surface area (Å²) >= 11 is 6.02. The lowest BCUT2D eigenvalue weighted by molar-refractivity contribution is 0.555. The number of rotatable bonds is 3. The Bertz CT molecular complexity index is 602. The monoisotopic (exact) mass is 282 g/mol. The molecule has 0 amide bonds. The molecule has 0 saturated carbocycles. The smallest absolute Gasteiger partial charge is 0.128 e. The van der Waals surface area contributed by atoms with Gasteiger partial charge in [-0.25, -0.2) is 14.2 Å². The van der Waals surface area contributed by atoms with Gasteiger partial charge in [0.15, 0.2) is 0 Å². The second-order valence-electron chi connectivity index (χ2n) is 4.29. The zero-order chi connectivity index (χ0) is 14.0. The third kappa shape index (κ3) is 2.92. The Kier molecular flexibility index (Phi) is 4.14. The fourth-order valence-corrected chi connectivity index (χ4v) is 2.18. The van der Waals surface area contributed by atoms with Gasteiger partial charge in [-0.05, 0) is 42.3 Å². The number of hydrogen-bond donors (Lipinski definition) is 2. The number of hydrogen-bond acceptors (Lipinski definition) is 2. The van der Waals surface area contributed by atoms with Gasteiger partial charge < -0.3 is 0 Å². The molecule has 0 aliphatic heterocycles. The summed E-state index contributed by atoms with van der Waals surface area (Å²) in [6, 6.07) is 7.96. The number of hydrazine groups is 1. The van der Waals surface area contributed by atoms with Gasteiger partial charge in [-0.1, -0.05) is 23.7 Å². The summed E-state index contributed by atoms with van der Waals surface area (Å²) in [5.41, 5.74) is 3.98. The van der Waals surface area contributed by atoms with E-state index in [9.17, 15) is 8.78 Å². The van der Waals surface area contributed by atoms with Gasteiger partial charge in [-0.15, -0.1) is 0 Å². The van der Waals surface area contributed by atoms with Crippen LogP contribution in [0.3, 0.4) is 0 Å². The fraction of sp³-hybridized carbons (Fsp3) is 0.143. The highest BCUT2D eigenvalue weighted by Gasteiger charge is 2.19. The molecule has 2 aromatic carbocycles. The van der Waals surface area contributed by atoms with E-state index in [1.54, 1.807) is 19.1 Å². The molecule has 2 rings (SSSR count). The maximum atomic E-state index is 14.0. The van der Waals surface area contributed by atoms with Crippen molar-refractivity contribution in [2.24, 2.45) is 5.84 Å². The van der Waals surface area contributed by atoms with Crippen molar-refractivity contribution in [2.45, 2.75) is 13.0 Å². The molecule has 1 atom stereocenters. The maximum absolute atomic E-state index is 14.0. The Morgan fingerprint density at radius 1 is 1.11 bits per heavy atom. The first-order chi connectivity index (χ1) is 9.02. The van der Waals surface area contributed by atoms with Crippen LogP contribution in [0, 0.1) is 18.6 Å².